The predicted molar refractivity (Wildman–Crippen MR) is 106 cm³/mol. The van der Waals surface area contributed by atoms with Gasteiger partial charge in [0, 0.05) is 37.0 Å². The smallest absolute Gasteiger partial charge is 0.302 e. The van der Waals surface area contributed by atoms with Gasteiger partial charge in [0.15, 0.2) is 11.6 Å². The van der Waals surface area contributed by atoms with Crippen LogP contribution in [0, 0.1) is 28.6 Å². The topological polar surface area (TPSA) is 82.1 Å². The normalized spacial score (nSPS) is 44.6. The van der Waals surface area contributed by atoms with Crippen molar-refractivity contribution in [1.29, 1.82) is 0 Å². The van der Waals surface area contributed by atoms with Crippen LogP contribution < -0.4 is 0 Å². The molecule has 6 nitrogen and oxygen atoms in total. The Labute approximate surface area is 173 Å². The van der Waals surface area contributed by atoms with E-state index in [-0.39, 0.29) is 41.3 Å². The van der Waals surface area contributed by atoms with Crippen LogP contribution in [0.5, 0.6) is 0 Å². The molecule has 0 bridgehead atoms. The molecule has 0 aromatic carbocycles. The lowest BCUT2D eigenvalue weighted by Gasteiger charge is -2.45. The van der Waals surface area contributed by atoms with Crippen LogP contribution in [0.3, 0.4) is 0 Å². The molecule has 6 heteroatoms. The fraction of sp³-hybridized carbons (Fsp3) is 0.826. The number of ether oxygens (including phenoxy) is 3. The summed E-state index contributed by atoms with van der Waals surface area (Å²) in [6.45, 7) is 10.9. The van der Waals surface area contributed by atoms with E-state index in [0.717, 1.165) is 12.8 Å². The second kappa shape index (κ2) is 6.63. The third kappa shape index (κ3) is 3.10. The predicted octanol–water partition coefficient (Wildman–Crippen LogP) is 3.02. The van der Waals surface area contributed by atoms with Gasteiger partial charge < -0.3 is 19.3 Å². The maximum Gasteiger partial charge on any atom is 0.302 e. The largest absolute Gasteiger partial charge is 0.461 e. The molecule has 0 spiro atoms. The molecule has 29 heavy (non-hydrogen) atoms. The van der Waals surface area contributed by atoms with Crippen molar-refractivity contribution in [3.8, 4) is 0 Å². The zero-order valence-electron chi connectivity index (χ0n) is 18.2. The Morgan fingerprint density at radius 1 is 1.24 bits per heavy atom. The first-order chi connectivity index (χ1) is 13.4. The number of esters is 1. The van der Waals surface area contributed by atoms with Gasteiger partial charge in [-0.15, -0.1) is 0 Å². The highest BCUT2D eigenvalue weighted by Crippen LogP contribution is 2.69. The van der Waals surface area contributed by atoms with Gasteiger partial charge in [-0.05, 0) is 37.2 Å². The summed E-state index contributed by atoms with van der Waals surface area (Å²) in [6, 6.07) is 0. The minimum absolute atomic E-state index is 0.0287. The Morgan fingerprint density at radius 2 is 1.90 bits per heavy atom. The number of rotatable bonds is 4. The van der Waals surface area contributed by atoms with Gasteiger partial charge in [-0.3, -0.25) is 9.59 Å². The fourth-order valence-corrected chi connectivity index (χ4v) is 6.99. The van der Waals surface area contributed by atoms with Crippen LogP contribution in [0.2, 0.25) is 0 Å². The maximum atomic E-state index is 12.3. The van der Waals surface area contributed by atoms with Gasteiger partial charge in [-0.1, -0.05) is 26.8 Å². The number of ketones is 1. The SMILES string of the molecule is CC(=O)O[C@H]1[C@H]2CC(C)(C)[C@H](CCC3(C)OCCO3)[C@@]2(O)[C@H]2CC(=O)C=C[C@@]12C. The van der Waals surface area contributed by atoms with E-state index in [1.54, 1.807) is 6.08 Å². The number of aliphatic hydroxyl groups is 1. The summed E-state index contributed by atoms with van der Waals surface area (Å²) in [5, 5.41) is 12.3. The van der Waals surface area contributed by atoms with E-state index in [1.165, 1.54) is 6.92 Å². The highest BCUT2D eigenvalue weighted by atomic mass is 16.7. The molecule has 162 valence electrons. The first kappa shape index (κ1) is 21.0. The summed E-state index contributed by atoms with van der Waals surface area (Å²) in [7, 11) is 0. The van der Waals surface area contributed by atoms with Crippen LogP contribution in [0.1, 0.15) is 60.3 Å². The van der Waals surface area contributed by atoms with Gasteiger partial charge in [0.2, 0.25) is 0 Å². The van der Waals surface area contributed by atoms with Crippen LogP contribution in [-0.2, 0) is 23.8 Å². The van der Waals surface area contributed by atoms with Crippen LogP contribution >= 0.6 is 0 Å². The molecule has 3 aliphatic carbocycles. The minimum atomic E-state index is -1.08. The minimum Gasteiger partial charge on any atom is -0.461 e. The van der Waals surface area contributed by atoms with Gasteiger partial charge in [0.05, 0.1) is 18.8 Å². The molecule has 4 rings (SSSR count). The molecule has 1 heterocycles. The Kier molecular flexibility index (Phi) is 4.80. The zero-order chi connectivity index (χ0) is 21.2. The quantitative estimate of drug-likeness (QED) is 0.723. The summed E-state index contributed by atoms with van der Waals surface area (Å²) >= 11 is 0. The van der Waals surface area contributed by atoms with Crippen molar-refractivity contribution in [2.45, 2.75) is 77.8 Å². The summed E-state index contributed by atoms with van der Waals surface area (Å²) in [5.74, 6) is -1.45. The highest BCUT2D eigenvalue weighted by Gasteiger charge is 2.74. The Bertz CT molecular complexity index is 736. The number of allylic oxidation sites excluding steroid dienone is 1. The second-order valence-corrected chi connectivity index (χ2v) is 10.6. The third-order valence-corrected chi connectivity index (χ3v) is 8.24. The lowest BCUT2D eigenvalue weighted by Crippen LogP contribution is -2.49. The van der Waals surface area contributed by atoms with E-state index < -0.39 is 22.9 Å². The van der Waals surface area contributed by atoms with E-state index in [9.17, 15) is 14.7 Å². The Balaban J connectivity index is 1.71. The average molecular weight is 407 g/mol. The standard InChI is InChI=1S/C23H34O6/c1-14(24)29-19-16-13-20(2,3)17(7-9-22(5)27-10-11-28-22)23(16,26)18-12-15(25)6-8-21(18,19)4/h6,8,16-19,26H,7,9-13H2,1-5H3/t16-,17+,18+,19+,21-,23-/m1/s1. The molecule has 1 saturated heterocycles. The molecule has 0 unspecified atom stereocenters. The van der Waals surface area contributed by atoms with Gasteiger partial charge in [-0.2, -0.15) is 0 Å². The molecule has 4 aliphatic rings. The number of carbonyl (C=O) groups excluding carboxylic acids is 2. The number of fused-ring (bicyclic) bond motifs is 3. The van der Waals surface area contributed by atoms with Gasteiger partial charge in [-0.25, -0.2) is 0 Å². The molecule has 3 fully saturated rings. The van der Waals surface area contributed by atoms with Gasteiger partial charge in [0.1, 0.15) is 6.10 Å². The molecule has 0 aromatic rings. The summed E-state index contributed by atoms with van der Waals surface area (Å²) < 4.78 is 17.4. The van der Waals surface area contributed by atoms with E-state index in [2.05, 4.69) is 13.8 Å². The van der Waals surface area contributed by atoms with E-state index in [0.29, 0.717) is 19.6 Å². The average Bonchev–Trinajstić information content (AvgIpc) is 3.18. The number of hydrogen-bond acceptors (Lipinski definition) is 6. The zero-order valence-corrected chi connectivity index (χ0v) is 18.2. The summed E-state index contributed by atoms with van der Waals surface area (Å²) in [6.07, 6.45) is 5.49. The fourth-order valence-electron chi connectivity index (χ4n) is 6.99. The van der Waals surface area contributed by atoms with Crippen molar-refractivity contribution in [2.24, 2.45) is 28.6 Å². The van der Waals surface area contributed by atoms with Gasteiger partial charge in [0.25, 0.3) is 0 Å². The van der Waals surface area contributed by atoms with Crippen molar-refractivity contribution in [1.82, 2.24) is 0 Å². The summed E-state index contributed by atoms with van der Waals surface area (Å²) in [5.41, 5.74) is -1.77. The van der Waals surface area contributed by atoms with Crippen LogP contribution in [0.15, 0.2) is 12.2 Å². The maximum absolute atomic E-state index is 12.3. The van der Waals surface area contributed by atoms with Crippen LogP contribution in [0.4, 0.5) is 0 Å². The van der Waals surface area contributed by atoms with Crippen molar-refractivity contribution in [3.63, 3.8) is 0 Å². The van der Waals surface area contributed by atoms with Crippen molar-refractivity contribution >= 4 is 11.8 Å². The van der Waals surface area contributed by atoms with E-state index in [1.807, 2.05) is 19.9 Å². The number of carbonyl (C=O) groups is 2. The lowest BCUT2D eigenvalue weighted by atomic mass is 9.62. The molecule has 0 radical (unpaired) electrons. The number of hydrogen-bond donors (Lipinski definition) is 1. The Morgan fingerprint density at radius 3 is 2.52 bits per heavy atom. The molecule has 1 N–H and O–H groups in total. The second-order valence-electron chi connectivity index (χ2n) is 10.6. The van der Waals surface area contributed by atoms with Crippen LogP contribution in [-0.4, -0.2) is 47.6 Å². The molecular weight excluding hydrogens is 372 g/mol. The van der Waals surface area contributed by atoms with Gasteiger partial charge >= 0.3 is 5.97 Å². The monoisotopic (exact) mass is 406 g/mol. The molecule has 6 atom stereocenters. The molecule has 0 amide bonds. The summed E-state index contributed by atoms with van der Waals surface area (Å²) in [4.78, 5) is 24.3. The van der Waals surface area contributed by atoms with Crippen molar-refractivity contribution in [2.75, 3.05) is 13.2 Å². The van der Waals surface area contributed by atoms with E-state index in [4.69, 9.17) is 14.2 Å². The first-order valence-electron chi connectivity index (χ1n) is 10.8. The molecule has 1 aliphatic heterocycles. The molecular formula is C23H34O6. The highest BCUT2D eigenvalue weighted by molar-refractivity contribution is 5.91. The third-order valence-electron chi connectivity index (χ3n) is 8.24. The first-order valence-corrected chi connectivity index (χ1v) is 10.8. The van der Waals surface area contributed by atoms with Crippen LogP contribution in [0.25, 0.3) is 0 Å². The molecule has 2 saturated carbocycles. The molecule has 0 aromatic heterocycles. The van der Waals surface area contributed by atoms with Crippen molar-refractivity contribution < 1.29 is 28.9 Å². The van der Waals surface area contributed by atoms with Crippen molar-refractivity contribution in [3.05, 3.63) is 12.2 Å². The van der Waals surface area contributed by atoms with E-state index >= 15 is 0 Å². The lowest BCUT2D eigenvalue weighted by molar-refractivity contribution is -0.160. The Hall–Kier alpha value is -1.24.